The van der Waals surface area contributed by atoms with Crippen LogP contribution in [-0.2, 0) is 29.3 Å². The summed E-state index contributed by atoms with van der Waals surface area (Å²) in [6.45, 7) is 0.625. The van der Waals surface area contributed by atoms with E-state index >= 15 is 0 Å². The van der Waals surface area contributed by atoms with Gasteiger partial charge in [0.2, 0.25) is 15.0 Å². The first kappa shape index (κ1) is 16.8. The van der Waals surface area contributed by atoms with E-state index in [4.69, 9.17) is 0 Å². The molecule has 2 heterocycles. The van der Waals surface area contributed by atoms with E-state index < -0.39 is 27.3 Å². The Morgan fingerprint density at radius 3 is 2.62 bits per heavy atom. The fraction of sp³-hybridized carbons (Fsp3) is 0.333. The van der Waals surface area contributed by atoms with Gasteiger partial charge in [0.1, 0.15) is 5.82 Å². The van der Waals surface area contributed by atoms with Gasteiger partial charge in [-0.05, 0) is 12.1 Å². The molecule has 0 fully saturated rings. The third kappa shape index (κ3) is 3.27. The molecule has 0 amide bonds. The SMILES string of the molecule is CS(=O)(=O)c1ncc2c(n1)CCN(Cc1c(F)ccc(F)c1F)C2. The summed E-state index contributed by atoms with van der Waals surface area (Å²) in [5, 5.41) is -0.239. The first-order valence-electron chi connectivity index (χ1n) is 7.15. The molecule has 0 unspecified atom stereocenters. The summed E-state index contributed by atoms with van der Waals surface area (Å²) in [6, 6.07) is 1.65. The summed E-state index contributed by atoms with van der Waals surface area (Å²) in [5.74, 6) is -3.09. The number of aromatic nitrogens is 2. The van der Waals surface area contributed by atoms with Crippen LogP contribution in [0, 0.1) is 17.5 Å². The molecule has 0 bridgehead atoms. The molecular formula is C15H14F3N3O2S. The van der Waals surface area contributed by atoms with Crippen LogP contribution in [0.15, 0.2) is 23.5 Å². The van der Waals surface area contributed by atoms with Gasteiger partial charge in [-0.2, -0.15) is 0 Å². The van der Waals surface area contributed by atoms with Crippen molar-refractivity contribution in [1.29, 1.82) is 0 Å². The molecule has 128 valence electrons. The molecule has 1 aliphatic heterocycles. The molecule has 9 heteroatoms. The van der Waals surface area contributed by atoms with Gasteiger partial charge in [0.05, 0.1) is 5.69 Å². The van der Waals surface area contributed by atoms with Crippen LogP contribution in [0.4, 0.5) is 13.2 Å². The van der Waals surface area contributed by atoms with E-state index in [0.29, 0.717) is 30.8 Å². The topological polar surface area (TPSA) is 63.2 Å². The van der Waals surface area contributed by atoms with Gasteiger partial charge < -0.3 is 0 Å². The molecular weight excluding hydrogens is 343 g/mol. The Kier molecular flexibility index (Phi) is 4.31. The Balaban J connectivity index is 1.83. The molecule has 1 aromatic carbocycles. The number of halogens is 3. The predicted octanol–water partition coefficient (Wildman–Crippen LogP) is 1.86. The lowest BCUT2D eigenvalue weighted by atomic mass is 10.1. The molecule has 1 aliphatic rings. The van der Waals surface area contributed by atoms with E-state index in [-0.39, 0.29) is 17.3 Å². The Morgan fingerprint density at radius 1 is 1.21 bits per heavy atom. The van der Waals surface area contributed by atoms with Crippen LogP contribution in [0.2, 0.25) is 0 Å². The average molecular weight is 357 g/mol. The van der Waals surface area contributed by atoms with E-state index in [9.17, 15) is 21.6 Å². The van der Waals surface area contributed by atoms with E-state index in [0.717, 1.165) is 18.4 Å². The lowest BCUT2D eigenvalue weighted by Gasteiger charge is -2.28. The van der Waals surface area contributed by atoms with Gasteiger partial charge in [0.15, 0.2) is 11.6 Å². The van der Waals surface area contributed by atoms with Gasteiger partial charge in [-0.3, -0.25) is 4.90 Å². The second-order valence-electron chi connectivity index (χ2n) is 5.68. The minimum atomic E-state index is -3.49. The van der Waals surface area contributed by atoms with Crippen LogP contribution < -0.4 is 0 Å². The molecule has 0 saturated carbocycles. The lowest BCUT2D eigenvalue weighted by molar-refractivity contribution is 0.234. The maximum atomic E-state index is 13.8. The van der Waals surface area contributed by atoms with Crippen molar-refractivity contribution in [3.8, 4) is 0 Å². The van der Waals surface area contributed by atoms with Crippen molar-refractivity contribution in [2.24, 2.45) is 0 Å². The molecule has 1 aromatic heterocycles. The van der Waals surface area contributed by atoms with Gasteiger partial charge in [-0.25, -0.2) is 31.6 Å². The van der Waals surface area contributed by atoms with Gasteiger partial charge in [-0.1, -0.05) is 0 Å². The smallest absolute Gasteiger partial charge is 0.246 e. The maximum Gasteiger partial charge on any atom is 0.246 e. The van der Waals surface area contributed by atoms with Crippen LogP contribution in [0.25, 0.3) is 0 Å². The summed E-state index contributed by atoms with van der Waals surface area (Å²) in [5.41, 5.74) is 0.958. The van der Waals surface area contributed by atoms with Gasteiger partial charge in [-0.15, -0.1) is 0 Å². The van der Waals surface area contributed by atoms with Crippen molar-refractivity contribution in [3.63, 3.8) is 0 Å². The molecule has 0 saturated heterocycles. The summed E-state index contributed by atoms with van der Waals surface area (Å²) in [6.07, 6.45) is 2.85. The Hall–Kier alpha value is -2.00. The number of rotatable bonds is 3. The second kappa shape index (κ2) is 6.14. The molecule has 0 radical (unpaired) electrons. The van der Waals surface area contributed by atoms with E-state index in [1.54, 1.807) is 4.90 Å². The third-order valence-electron chi connectivity index (χ3n) is 3.84. The molecule has 3 rings (SSSR count). The maximum absolute atomic E-state index is 13.8. The molecule has 5 nitrogen and oxygen atoms in total. The second-order valence-corrected chi connectivity index (χ2v) is 7.59. The summed E-state index contributed by atoms with van der Waals surface area (Å²) < 4.78 is 63.7. The zero-order chi connectivity index (χ0) is 17.5. The summed E-state index contributed by atoms with van der Waals surface area (Å²) in [7, 11) is -3.49. The summed E-state index contributed by atoms with van der Waals surface area (Å²) >= 11 is 0. The van der Waals surface area contributed by atoms with E-state index in [1.165, 1.54) is 6.20 Å². The van der Waals surface area contributed by atoms with Crippen LogP contribution in [0.3, 0.4) is 0 Å². The Labute approximate surface area is 137 Å². The number of nitrogens with zero attached hydrogens (tertiary/aromatic N) is 3. The zero-order valence-corrected chi connectivity index (χ0v) is 13.6. The quantitative estimate of drug-likeness (QED) is 0.620. The van der Waals surface area contributed by atoms with Crippen LogP contribution in [-0.4, -0.2) is 36.1 Å². The first-order valence-corrected chi connectivity index (χ1v) is 9.04. The molecule has 0 atom stereocenters. The van der Waals surface area contributed by atoms with Gasteiger partial charge in [0.25, 0.3) is 0 Å². The van der Waals surface area contributed by atoms with Crippen LogP contribution in [0.5, 0.6) is 0 Å². The van der Waals surface area contributed by atoms with Gasteiger partial charge in [0, 0.05) is 49.6 Å². The number of benzene rings is 1. The van der Waals surface area contributed by atoms with Crippen LogP contribution in [0.1, 0.15) is 16.8 Å². The van der Waals surface area contributed by atoms with Crippen molar-refractivity contribution < 1.29 is 21.6 Å². The number of fused-ring (bicyclic) bond motifs is 1. The highest BCUT2D eigenvalue weighted by Crippen LogP contribution is 2.23. The molecule has 0 aliphatic carbocycles. The standard InChI is InChI=1S/C15H14F3N3O2S/c1-24(22,23)15-19-6-9-7-21(5-4-13(9)20-15)8-10-11(16)2-3-12(17)14(10)18/h2-3,6H,4-5,7-8H2,1H3. The number of sulfone groups is 1. The molecule has 0 spiro atoms. The minimum Gasteiger partial charge on any atom is -0.294 e. The lowest BCUT2D eigenvalue weighted by Crippen LogP contribution is -2.32. The number of hydrogen-bond donors (Lipinski definition) is 0. The number of hydrogen-bond acceptors (Lipinski definition) is 5. The first-order chi connectivity index (χ1) is 11.3. The normalized spacial score (nSPS) is 15.3. The summed E-state index contributed by atoms with van der Waals surface area (Å²) in [4.78, 5) is 9.59. The van der Waals surface area contributed by atoms with Crippen molar-refractivity contribution in [3.05, 3.63) is 52.6 Å². The largest absolute Gasteiger partial charge is 0.294 e. The fourth-order valence-corrected chi connectivity index (χ4v) is 3.13. The monoisotopic (exact) mass is 357 g/mol. The third-order valence-corrected chi connectivity index (χ3v) is 4.70. The predicted molar refractivity (Wildman–Crippen MR) is 79.3 cm³/mol. The van der Waals surface area contributed by atoms with E-state index in [1.807, 2.05) is 0 Å². The Bertz CT molecular complexity index is 903. The van der Waals surface area contributed by atoms with Crippen molar-refractivity contribution >= 4 is 9.84 Å². The highest BCUT2D eigenvalue weighted by atomic mass is 32.2. The van der Waals surface area contributed by atoms with Gasteiger partial charge >= 0.3 is 0 Å². The highest BCUT2D eigenvalue weighted by Gasteiger charge is 2.23. The minimum absolute atomic E-state index is 0.0945. The van der Waals surface area contributed by atoms with E-state index in [2.05, 4.69) is 9.97 Å². The van der Waals surface area contributed by atoms with Crippen molar-refractivity contribution in [1.82, 2.24) is 14.9 Å². The average Bonchev–Trinajstić information content (AvgIpc) is 2.53. The molecule has 2 aromatic rings. The highest BCUT2D eigenvalue weighted by molar-refractivity contribution is 7.90. The van der Waals surface area contributed by atoms with Crippen molar-refractivity contribution in [2.75, 3.05) is 12.8 Å². The van der Waals surface area contributed by atoms with Crippen molar-refractivity contribution in [2.45, 2.75) is 24.7 Å². The fourth-order valence-electron chi connectivity index (χ4n) is 2.61. The Morgan fingerprint density at radius 2 is 1.92 bits per heavy atom. The van der Waals surface area contributed by atoms with Crippen LogP contribution >= 0.6 is 0 Å². The molecule has 24 heavy (non-hydrogen) atoms. The zero-order valence-electron chi connectivity index (χ0n) is 12.8. The molecule has 0 N–H and O–H groups in total.